The van der Waals surface area contributed by atoms with E-state index >= 15 is 0 Å². The summed E-state index contributed by atoms with van der Waals surface area (Å²) in [4.78, 5) is 18.7. The Morgan fingerprint density at radius 2 is 1.94 bits per heavy atom. The molecule has 4 nitrogen and oxygen atoms in total. The zero-order valence-corrected chi connectivity index (χ0v) is 9.34. The lowest BCUT2D eigenvalue weighted by Crippen LogP contribution is -2.14. The Hall–Kier alpha value is -2.36. The van der Waals surface area contributed by atoms with Gasteiger partial charge in [0.15, 0.2) is 0 Å². The van der Waals surface area contributed by atoms with E-state index in [2.05, 4.69) is 9.97 Å². The van der Waals surface area contributed by atoms with Crippen LogP contribution in [-0.2, 0) is 0 Å². The minimum Gasteiger partial charge on any atom is -0.304 e. The number of hydrogen-bond donors (Lipinski definition) is 1. The molecule has 0 saturated heterocycles. The summed E-state index contributed by atoms with van der Waals surface area (Å²) in [5.74, 6) is 0. The summed E-state index contributed by atoms with van der Waals surface area (Å²) in [7, 11) is 0. The number of aromatic nitrogens is 3. The van der Waals surface area contributed by atoms with Gasteiger partial charge in [0.1, 0.15) is 0 Å². The van der Waals surface area contributed by atoms with Crippen LogP contribution in [0.1, 0.15) is 5.56 Å². The van der Waals surface area contributed by atoms with Gasteiger partial charge in [-0.3, -0.25) is 9.55 Å². The Bertz CT molecular complexity index is 722. The van der Waals surface area contributed by atoms with E-state index in [0.29, 0.717) is 0 Å². The predicted octanol–water partition coefficient (Wildman–Crippen LogP) is 2.02. The quantitative estimate of drug-likeness (QED) is 0.688. The summed E-state index contributed by atoms with van der Waals surface area (Å²) in [6.45, 7) is 2.02. The lowest BCUT2D eigenvalue weighted by molar-refractivity contribution is 1.01. The van der Waals surface area contributed by atoms with Gasteiger partial charge in [0, 0.05) is 6.20 Å². The van der Waals surface area contributed by atoms with E-state index in [4.69, 9.17) is 0 Å². The third-order valence-electron chi connectivity index (χ3n) is 2.78. The fourth-order valence-corrected chi connectivity index (χ4v) is 1.91. The highest BCUT2D eigenvalue weighted by Crippen LogP contribution is 2.14. The summed E-state index contributed by atoms with van der Waals surface area (Å²) in [6, 6.07) is 9.67. The molecule has 0 atom stereocenters. The molecular weight excluding hydrogens is 214 g/mol. The van der Waals surface area contributed by atoms with Gasteiger partial charge in [0.25, 0.3) is 0 Å². The van der Waals surface area contributed by atoms with Crippen LogP contribution in [-0.4, -0.2) is 14.5 Å². The fourth-order valence-electron chi connectivity index (χ4n) is 1.91. The molecule has 84 valence electrons. The molecule has 4 heteroatoms. The summed E-state index contributed by atoms with van der Waals surface area (Å²) in [5, 5.41) is 0. The van der Waals surface area contributed by atoms with Crippen molar-refractivity contribution < 1.29 is 0 Å². The van der Waals surface area contributed by atoms with Gasteiger partial charge in [0.2, 0.25) is 0 Å². The molecule has 0 unspecified atom stereocenters. The number of imidazole rings is 1. The van der Waals surface area contributed by atoms with Gasteiger partial charge in [-0.2, -0.15) is 0 Å². The monoisotopic (exact) mass is 225 g/mol. The molecular formula is C13H11N3O. The Balaban J connectivity index is 2.33. The summed E-state index contributed by atoms with van der Waals surface area (Å²) in [6.07, 6.45) is 3.34. The normalized spacial score (nSPS) is 10.9. The number of aryl methyl sites for hydroxylation is 1. The zero-order valence-electron chi connectivity index (χ0n) is 9.34. The molecule has 17 heavy (non-hydrogen) atoms. The first-order valence-electron chi connectivity index (χ1n) is 5.37. The second kappa shape index (κ2) is 3.59. The van der Waals surface area contributed by atoms with Crippen LogP contribution in [0.3, 0.4) is 0 Å². The predicted molar refractivity (Wildman–Crippen MR) is 66.4 cm³/mol. The van der Waals surface area contributed by atoms with E-state index < -0.39 is 0 Å². The number of benzene rings is 1. The molecule has 1 aromatic carbocycles. The van der Waals surface area contributed by atoms with E-state index in [-0.39, 0.29) is 5.69 Å². The first-order chi connectivity index (χ1) is 8.25. The highest BCUT2D eigenvalue weighted by molar-refractivity contribution is 5.75. The van der Waals surface area contributed by atoms with Gasteiger partial charge in [-0.1, -0.05) is 17.7 Å². The van der Waals surface area contributed by atoms with Crippen LogP contribution in [0.2, 0.25) is 0 Å². The second-order valence-electron chi connectivity index (χ2n) is 3.99. The molecule has 3 rings (SSSR count). The molecule has 0 saturated carbocycles. The Morgan fingerprint density at radius 1 is 1.18 bits per heavy atom. The van der Waals surface area contributed by atoms with Gasteiger partial charge in [-0.25, -0.2) is 4.79 Å². The molecule has 0 fully saturated rings. The molecule has 0 aliphatic heterocycles. The van der Waals surface area contributed by atoms with Crippen molar-refractivity contribution in [2.75, 3.05) is 0 Å². The standard InChI is InChI=1S/C13H11N3O/c1-9-2-4-10(5-3-9)16-12-6-7-14-8-11(12)15-13(16)17/h2-8H,1H3,(H,15,17). The van der Waals surface area contributed by atoms with Gasteiger partial charge in [-0.15, -0.1) is 0 Å². The van der Waals surface area contributed by atoms with Crippen molar-refractivity contribution in [2.45, 2.75) is 6.92 Å². The lowest BCUT2D eigenvalue weighted by atomic mass is 10.2. The van der Waals surface area contributed by atoms with Crippen LogP contribution in [0.5, 0.6) is 0 Å². The van der Waals surface area contributed by atoms with Crippen LogP contribution >= 0.6 is 0 Å². The second-order valence-corrected chi connectivity index (χ2v) is 3.99. The van der Waals surface area contributed by atoms with E-state index in [9.17, 15) is 4.79 Å². The number of nitrogens with zero attached hydrogens (tertiary/aromatic N) is 2. The number of rotatable bonds is 1. The molecule has 0 aliphatic carbocycles. The van der Waals surface area contributed by atoms with Crippen molar-refractivity contribution in [3.63, 3.8) is 0 Å². The molecule has 0 radical (unpaired) electrons. The molecule has 2 heterocycles. The smallest absolute Gasteiger partial charge is 0.304 e. The maximum atomic E-state index is 11.9. The SMILES string of the molecule is Cc1ccc(-n2c(=O)[nH]c3cnccc32)cc1. The van der Waals surface area contributed by atoms with E-state index in [0.717, 1.165) is 16.7 Å². The van der Waals surface area contributed by atoms with E-state index in [1.54, 1.807) is 17.0 Å². The van der Waals surface area contributed by atoms with Gasteiger partial charge < -0.3 is 4.98 Å². The van der Waals surface area contributed by atoms with Crippen LogP contribution in [0.15, 0.2) is 47.5 Å². The molecule has 0 spiro atoms. The fraction of sp³-hybridized carbons (Fsp3) is 0.0769. The minimum atomic E-state index is -0.142. The Morgan fingerprint density at radius 3 is 2.71 bits per heavy atom. The first-order valence-corrected chi connectivity index (χ1v) is 5.37. The van der Waals surface area contributed by atoms with Crippen molar-refractivity contribution in [2.24, 2.45) is 0 Å². The Kier molecular flexibility index (Phi) is 2.08. The van der Waals surface area contributed by atoms with Crippen LogP contribution < -0.4 is 5.69 Å². The third kappa shape index (κ3) is 1.54. The highest BCUT2D eigenvalue weighted by atomic mass is 16.1. The van der Waals surface area contributed by atoms with Crippen LogP contribution in [0, 0.1) is 6.92 Å². The average Bonchev–Trinajstić information content (AvgIpc) is 2.66. The molecule has 3 aromatic rings. The minimum absolute atomic E-state index is 0.142. The van der Waals surface area contributed by atoms with Crippen molar-refractivity contribution in [1.82, 2.24) is 14.5 Å². The number of nitrogens with one attached hydrogen (secondary N) is 1. The molecule has 1 N–H and O–H groups in total. The summed E-state index contributed by atoms with van der Waals surface area (Å²) < 4.78 is 1.65. The average molecular weight is 225 g/mol. The molecule has 2 aromatic heterocycles. The van der Waals surface area contributed by atoms with Crippen molar-refractivity contribution in [1.29, 1.82) is 0 Å². The number of aromatic amines is 1. The third-order valence-corrected chi connectivity index (χ3v) is 2.78. The maximum Gasteiger partial charge on any atom is 0.331 e. The lowest BCUT2D eigenvalue weighted by Gasteiger charge is -2.03. The molecule has 0 amide bonds. The summed E-state index contributed by atoms with van der Waals surface area (Å²) >= 11 is 0. The number of H-pyrrole nitrogens is 1. The largest absolute Gasteiger partial charge is 0.331 e. The highest BCUT2D eigenvalue weighted by Gasteiger charge is 2.07. The summed E-state index contributed by atoms with van der Waals surface area (Å²) in [5.41, 5.74) is 3.48. The zero-order chi connectivity index (χ0) is 11.8. The van der Waals surface area contributed by atoms with E-state index in [1.165, 1.54) is 5.56 Å². The van der Waals surface area contributed by atoms with Crippen molar-refractivity contribution >= 4 is 11.0 Å². The first kappa shape index (κ1) is 9.84. The van der Waals surface area contributed by atoms with Gasteiger partial charge >= 0.3 is 5.69 Å². The van der Waals surface area contributed by atoms with Crippen molar-refractivity contribution in [3.8, 4) is 5.69 Å². The molecule has 0 bridgehead atoms. The number of fused-ring (bicyclic) bond motifs is 1. The maximum absolute atomic E-state index is 11.9. The van der Waals surface area contributed by atoms with E-state index in [1.807, 2.05) is 37.3 Å². The topological polar surface area (TPSA) is 50.7 Å². The van der Waals surface area contributed by atoms with Crippen LogP contribution in [0.4, 0.5) is 0 Å². The number of hydrogen-bond acceptors (Lipinski definition) is 2. The Labute approximate surface area is 97.6 Å². The van der Waals surface area contributed by atoms with Crippen molar-refractivity contribution in [3.05, 3.63) is 58.8 Å². The molecule has 0 aliphatic rings. The van der Waals surface area contributed by atoms with Gasteiger partial charge in [0.05, 0.1) is 22.9 Å². The number of pyridine rings is 1. The van der Waals surface area contributed by atoms with Crippen LogP contribution in [0.25, 0.3) is 16.7 Å². The van der Waals surface area contributed by atoms with Gasteiger partial charge in [-0.05, 0) is 25.1 Å².